The summed E-state index contributed by atoms with van der Waals surface area (Å²) in [6, 6.07) is 11.4. The Morgan fingerprint density at radius 1 is 1.00 bits per heavy atom. The van der Waals surface area contributed by atoms with E-state index in [1.54, 1.807) is 12.1 Å². The summed E-state index contributed by atoms with van der Waals surface area (Å²) < 4.78 is 5.48. The topological polar surface area (TPSA) is 21.3 Å². The molecule has 0 aliphatic heterocycles. The highest BCUT2D eigenvalue weighted by Gasteiger charge is 2.09. The van der Waals surface area contributed by atoms with Crippen molar-refractivity contribution < 1.29 is 4.74 Å². The number of rotatable bonds is 6. The standard InChI is InChI=1S/C16H16Cl3NO/c1-2-21-12-5-3-4-11(8-12)9-20-10-13-14(17)6-7-15(18)16(13)19/h3-8,20H,2,9-10H2,1H3. The molecule has 0 saturated heterocycles. The number of benzene rings is 2. The third-order valence-electron chi connectivity index (χ3n) is 2.98. The van der Waals surface area contributed by atoms with Crippen molar-refractivity contribution in [3.05, 3.63) is 62.6 Å². The van der Waals surface area contributed by atoms with Gasteiger partial charge in [-0.05, 0) is 36.8 Å². The van der Waals surface area contributed by atoms with E-state index in [1.807, 2.05) is 31.2 Å². The van der Waals surface area contributed by atoms with Crippen LogP contribution in [0, 0.1) is 0 Å². The van der Waals surface area contributed by atoms with E-state index in [2.05, 4.69) is 5.32 Å². The highest BCUT2D eigenvalue weighted by atomic mass is 35.5. The van der Waals surface area contributed by atoms with Crippen LogP contribution in [-0.2, 0) is 13.1 Å². The van der Waals surface area contributed by atoms with E-state index in [0.717, 1.165) is 16.9 Å². The van der Waals surface area contributed by atoms with Gasteiger partial charge in [-0.1, -0.05) is 46.9 Å². The lowest BCUT2D eigenvalue weighted by molar-refractivity contribution is 0.340. The van der Waals surface area contributed by atoms with Crippen LogP contribution in [0.3, 0.4) is 0 Å². The van der Waals surface area contributed by atoms with E-state index >= 15 is 0 Å². The highest BCUT2D eigenvalue weighted by molar-refractivity contribution is 6.44. The van der Waals surface area contributed by atoms with E-state index < -0.39 is 0 Å². The predicted octanol–water partition coefficient (Wildman–Crippen LogP) is 5.34. The first kappa shape index (κ1) is 16.4. The normalized spacial score (nSPS) is 10.7. The molecular formula is C16H16Cl3NO. The molecular weight excluding hydrogens is 329 g/mol. The van der Waals surface area contributed by atoms with E-state index in [-0.39, 0.29) is 0 Å². The second-order valence-corrected chi connectivity index (χ2v) is 5.70. The molecule has 0 bridgehead atoms. The summed E-state index contributed by atoms with van der Waals surface area (Å²) in [6.45, 7) is 3.87. The van der Waals surface area contributed by atoms with E-state index in [4.69, 9.17) is 39.5 Å². The van der Waals surface area contributed by atoms with Crippen molar-refractivity contribution in [2.45, 2.75) is 20.0 Å². The maximum Gasteiger partial charge on any atom is 0.119 e. The van der Waals surface area contributed by atoms with Crippen molar-refractivity contribution in [1.29, 1.82) is 0 Å². The summed E-state index contributed by atoms with van der Waals surface area (Å²) in [5, 5.41) is 4.93. The van der Waals surface area contributed by atoms with Gasteiger partial charge in [0.25, 0.3) is 0 Å². The first-order valence-electron chi connectivity index (χ1n) is 6.66. The fourth-order valence-corrected chi connectivity index (χ4v) is 2.66. The summed E-state index contributed by atoms with van der Waals surface area (Å²) >= 11 is 18.3. The molecule has 0 aliphatic rings. The molecule has 5 heteroatoms. The summed E-state index contributed by atoms with van der Waals surface area (Å²) in [7, 11) is 0. The van der Waals surface area contributed by atoms with Gasteiger partial charge >= 0.3 is 0 Å². The lowest BCUT2D eigenvalue weighted by Gasteiger charge is -2.11. The van der Waals surface area contributed by atoms with Crippen molar-refractivity contribution in [3.63, 3.8) is 0 Å². The van der Waals surface area contributed by atoms with Crippen LogP contribution in [-0.4, -0.2) is 6.61 Å². The molecule has 0 aromatic heterocycles. The molecule has 1 N–H and O–H groups in total. The highest BCUT2D eigenvalue weighted by Crippen LogP contribution is 2.31. The Balaban J connectivity index is 1.99. The Kier molecular flexibility index (Phi) is 6.19. The van der Waals surface area contributed by atoms with Crippen molar-refractivity contribution in [3.8, 4) is 5.75 Å². The maximum absolute atomic E-state index is 6.17. The smallest absolute Gasteiger partial charge is 0.119 e. The number of hydrogen-bond acceptors (Lipinski definition) is 2. The monoisotopic (exact) mass is 343 g/mol. The van der Waals surface area contributed by atoms with Crippen LogP contribution in [0.2, 0.25) is 15.1 Å². The zero-order chi connectivity index (χ0) is 15.2. The van der Waals surface area contributed by atoms with Gasteiger partial charge in [0, 0.05) is 23.7 Å². The van der Waals surface area contributed by atoms with Gasteiger partial charge in [0.1, 0.15) is 5.75 Å². The van der Waals surface area contributed by atoms with Crippen LogP contribution < -0.4 is 10.1 Å². The zero-order valence-corrected chi connectivity index (χ0v) is 13.9. The Bertz CT molecular complexity index is 616. The molecule has 2 aromatic carbocycles. The fourth-order valence-electron chi connectivity index (χ4n) is 1.97. The number of nitrogens with one attached hydrogen (secondary N) is 1. The van der Waals surface area contributed by atoms with Gasteiger partial charge in [0.05, 0.1) is 16.7 Å². The summed E-state index contributed by atoms with van der Waals surface area (Å²) in [5.41, 5.74) is 1.95. The molecule has 0 heterocycles. The molecule has 0 aliphatic carbocycles. The Morgan fingerprint density at radius 3 is 2.52 bits per heavy atom. The molecule has 112 valence electrons. The molecule has 0 radical (unpaired) electrons. The summed E-state index contributed by atoms with van der Waals surface area (Å²) in [4.78, 5) is 0. The average molecular weight is 345 g/mol. The Hall–Kier alpha value is -0.930. The minimum absolute atomic E-state index is 0.500. The van der Waals surface area contributed by atoms with Crippen molar-refractivity contribution >= 4 is 34.8 Å². The molecule has 2 rings (SSSR count). The van der Waals surface area contributed by atoms with E-state index in [1.165, 1.54) is 0 Å². The number of hydrogen-bond donors (Lipinski definition) is 1. The van der Waals surface area contributed by atoms with Crippen LogP contribution in [0.5, 0.6) is 5.75 Å². The van der Waals surface area contributed by atoms with E-state index in [9.17, 15) is 0 Å². The third-order valence-corrected chi connectivity index (χ3v) is 4.18. The largest absolute Gasteiger partial charge is 0.494 e. The average Bonchev–Trinajstić information content (AvgIpc) is 2.48. The molecule has 0 unspecified atom stereocenters. The molecule has 2 nitrogen and oxygen atoms in total. The fraction of sp³-hybridized carbons (Fsp3) is 0.250. The lowest BCUT2D eigenvalue weighted by Crippen LogP contribution is -2.13. The van der Waals surface area contributed by atoms with Gasteiger partial charge < -0.3 is 10.1 Å². The summed E-state index contributed by atoms with van der Waals surface area (Å²) in [5.74, 6) is 0.871. The first-order valence-corrected chi connectivity index (χ1v) is 7.80. The van der Waals surface area contributed by atoms with Crippen molar-refractivity contribution in [2.24, 2.45) is 0 Å². The van der Waals surface area contributed by atoms with Crippen LogP contribution in [0.4, 0.5) is 0 Å². The number of halogens is 3. The third kappa shape index (κ3) is 4.52. The van der Waals surface area contributed by atoms with Gasteiger partial charge in [-0.3, -0.25) is 0 Å². The predicted molar refractivity (Wildman–Crippen MR) is 89.6 cm³/mol. The number of ether oxygens (including phenoxy) is 1. The van der Waals surface area contributed by atoms with Gasteiger partial charge in [0.2, 0.25) is 0 Å². The summed E-state index contributed by atoms with van der Waals surface area (Å²) in [6.07, 6.45) is 0. The van der Waals surface area contributed by atoms with Crippen LogP contribution >= 0.6 is 34.8 Å². The first-order chi connectivity index (χ1) is 10.1. The van der Waals surface area contributed by atoms with Crippen molar-refractivity contribution in [2.75, 3.05) is 6.61 Å². The molecule has 21 heavy (non-hydrogen) atoms. The minimum Gasteiger partial charge on any atom is -0.494 e. The molecule has 0 saturated carbocycles. The molecule has 0 fully saturated rings. The van der Waals surface area contributed by atoms with Crippen LogP contribution in [0.1, 0.15) is 18.1 Å². The molecule has 2 aromatic rings. The molecule has 0 spiro atoms. The van der Waals surface area contributed by atoms with Gasteiger partial charge in [-0.2, -0.15) is 0 Å². The lowest BCUT2D eigenvalue weighted by atomic mass is 10.2. The zero-order valence-electron chi connectivity index (χ0n) is 11.6. The quantitative estimate of drug-likeness (QED) is 0.715. The minimum atomic E-state index is 0.500. The second-order valence-electron chi connectivity index (χ2n) is 4.51. The maximum atomic E-state index is 6.17. The van der Waals surface area contributed by atoms with Gasteiger partial charge in [-0.25, -0.2) is 0 Å². The van der Waals surface area contributed by atoms with Gasteiger partial charge in [0.15, 0.2) is 0 Å². The SMILES string of the molecule is CCOc1cccc(CNCc2c(Cl)ccc(Cl)c2Cl)c1. The van der Waals surface area contributed by atoms with E-state index in [0.29, 0.717) is 34.8 Å². The van der Waals surface area contributed by atoms with Crippen LogP contribution in [0.15, 0.2) is 36.4 Å². The van der Waals surface area contributed by atoms with Crippen molar-refractivity contribution in [1.82, 2.24) is 5.32 Å². The second kappa shape index (κ2) is 7.90. The van der Waals surface area contributed by atoms with Crippen LogP contribution in [0.25, 0.3) is 0 Å². The molecule has 0 amide bonds. The molecule has 0 atom stereocenters. The Morgan fingerprint density at radius 2 is 1.76 bits per heavy atom. The van der Waals surface area contributed by atoms with Gasteiger partial charge in [-0.15, -0.1) is 0 Å². The Labute approximate surface area is 140 Å².